The number of rotatable bonds is 5. The summed E-state index contributed by atoms with van der Waals surface area (Å²) in [5.74, 6) is 2.44. The van der Waals surface area contributed by atoms with Crippen LogP contribution in [0.3, 0.4) is 0 Å². The van der Waals surface area contributed by atoms with Crippen LogP contribution in [-0.4, -0.2) is 45.3 Å². The average molecular weight is 366 g/mol. The molecule has 7 nitrogen and oxygen atoms in total. The number of phenols is 1. The van der Waals surface area contributed by atoms with Crippen LogP contribution in [0.25, 0.3) is 11.6 Å². The number of nitrogens with zero attached hydrogens (tertiary/aromatic N) is 4. The van der Waals surface area contributed by atoms with Gasteiger partial charge in [-0.1, -0.05) is 17.3 Å². The summed E-state index contributed by atoms with van der Waals surface area (Å²) in [6, 6.07) is 11.1. The van der Waals surface area contributed by atoms with Gasteiger partial charge < -0.3 is 14.4 Å². The standard InChI is InChI=1S/C20H22N4O3/c1-26-16-6-5-15(18(25)12-16)13-24-10-7-14(8-11-24)19-22-20(27-23-19)17-4-2-3-9-21-17/h2-6,9,12,14,25H,7-8,10-11,13H2,1H3. The van der Waals surface area contributed by atoms with Gasteiger partial charge in [0.05, 0.1) is 7.11 Å². The Hall–Kier alpha value is -2.93. The van der Waals surface area contributed by atoms with Crippen LogP contribution in [0.5, 0.6) is 11.5 Å². The van der Waals surface area contributed by atoms with Gasteiger partial charge in [-0.05, 0) is 44.1 Å². The van der Waals surface area contributed by atoms with Gasteiger partial charge >= 0.3 is 0 Å². The smallest absolute Gasteiger partial charge is 0.276 e. The molecule has 0 unspecified atom stereocenters. The third kappa shape index (κ3) is 3.93. The number of pyridine rings is 1. The second kappa shape index (κ2) is 7.75. The van der Waals surface area contributed by atoms with Gasteiger partial charge in [-0.3, -0.25) is 9.88 Å². The molecule has 0 aliphatic carbocycles. The van der Waals surface area contributed by atoms with Gasteiger partial charge in [0, 0.05) is 30.3 Å². The maximum atomic E-state index is 10.1. The van der Waals surface area contributed by atoms with Crippen LogP contribution in [-0.2, 0) is 6.54 Å². The molecular weight excluding hydrogens is 344 g/mol. The van der Waals surface area contributed by atoms with E-state index in [1.165, 1.54) is 0 Å². The molecule has 27 heavy (non-hydrogen) atoms. The Balaban J connectivity index is 1.36. The molecule has 1 aliphatic rings. The zero-order valence-corrected chi connectivity index (χ0v) is 15.2. The van der Waals surface area contributed by atoms with E-state index in [1.807, 2.05) is 30.3 Å². The van der Waals surface area contributed by atoms with E-state index in [1.54, 1.807) is 19.4 Å². The predicted molar refractivity (Wildman–Crippen MR) is 99.4 cm³/mol. The zero-order valence-electron chi connectivity index (χ0n) is 15.2. The molecule has 0 amide bonds. The van der Waals surface area contributed by atoms with Gasteiger partial charge in [-0.25, -0.2) is 0 Å². The maximum Gasteiger partial charge on any atom is 0.276 e. The van der Waals surface area contributed by atoms with E-state index in [9.17, 15) is 5.11 Å². The minimum Gasteiger partial charge on any atom is -0.507 e. The summed E-state index contributed by atoms with van der Waals surface area (Å²) in [5.41, 5.74) is 1.61. The second-order valence-electron chi connectivity index (χ2n) is 6.72. The van der Waals surface area contributed by atoms with Crippen LogP contribution in [0.2, 0.25) is 0 Å². The number of ether oxygens (including phenoxy) is 1. The number of benzene rings is 1. The highest BCUT2D eigenvalue weighted by molar-refractivity contribution is 5.45. The lowest BCUT2D eigenvalue weighted by Crippen LogP contribution is -2.32. The molecule has 0 radical (unpaired) electrons. The van der Waals surface area contributed by atoms with Crippen LogP contribution in [0.1, 0.15) is 30.1 Å². The predicted octanol–water partition coefficient (Wildman–Crippen LogP) is 3.23. The molecule has 1 N–H and O–H groups in total. The van der Waals surface area contributed by atoms with E-state index < -0.39 is 0 Å². The molecule has 0 atom stereocenters. The fourth-order valence-corrected chi connectivity index (χ4v) is 3.39. The molecule has 140 valence electrons. The molecule has 1 aromatic carbocycles. The molecule has 0 spiro atoms. The van der Waals surface area contributed by atoms with Crippen LogP contribution < -0.4 is 4.74 Å². The number of methoxy groups -OCH3 is 1. The topological polar surface area (TPSA) is 84.5 Å². The van der Waals surface area contributed by atoms with Crippen molar-refractivity contribution >= 4 is 0 Å². The number of likely N-dealkylation sites (tertiary alicyclic amines) is 1. The van der Waals surface area contributed by atoms with Gasteiger partial charge in [-0.2, -0.15) is 4.98 Å². The molecule has 1 aliphatic heterocycles. The highest BCUT2D eigenvalue weighted by Gasteiger charge is 2.25. The normalized spacial score (nSPS) is 15.7. The van der Waals surface area contributed by atoms with Gasteiger partial charge in [0.1, 0.15) is 17.2 Å². The molecule has 0 saturated carbocycles. The molecule has 0 bridgehead atoms. The van der Waals surface area contributed by atoms with Crippen molar-refractivity contribution in [3.8, 4) is 23.1 Å². The van der Waals surface area contributed by atoms with Crippen molar-refractivity contribution in [1.82, 2.24) is 20.0 Å². The van der Waals surface area contributed by atoms with Crippen molar-refractivity contribution in [2.45, 2.75) is 25.3 Å². The Morgan fingerprint density at radius 2 is 2.07 bits per heavy atom. The summed E-state index contributed by atoms with van der Waals surface area (Å²) in [4.78, 5) is 11.1. The van der Waals surface area contributed by atoms with E-state index in [-0.39, 0.29) is 11.7 Å². The summed E-state index contributed by atoms with van der Waals surface area (Å²) in [5, 5.41) is 14.3. The first-order valence-electron chi connectivity index (χ1n) is 9.06. The summed E-state index contributed by atoms with van der Waals surface area (Å²) < 4.78 is 10.5. The molecule has 2 aromatic heterocycles. The molecular formula is C20H22N4O3. The van der Waals surface area contributed by atoms with Crippen molar-refractivity contribution in [2.24, 2.45) is 0 Å². The third-order valence-electron chi connectivity index (χ3n) is 4.96. The molecule has 4 rings (SSSR count). The van der Waals surface area contributed by atoms with E-state index in [0.29, 0.717) is 23.9 Å². The van der Waals surface area contributed by atoms with Gasteiger partial charge in [0.15, 0.2) is 5.82 Å². The summed E-state index contributed by atoms with van der Waals surface area (Å²) in [7, 11) is 1.59. The molecule has 3 heterocycles. The summed E-state index contributed by atoms with van der Waals surface area (Å²) >= 11 is 0. The van der Waals surface area contributed by atoms with Crippen molar-refractivity contribution < 1.29 is 14.4 Å². The van der Waals surface area contributed by atoms with Crippen molar-refractivity contribution in [3.63, 3.8) is 0 Å². The van der Waals surface area contributed by atoms with Crippen LogP contribution in [0.15, 0.2) is 47.1 Å². The van der Waals surface area contributed by atoms with Crippen molar-refractivity contribution in [1.29, 1.82) is 0 Å². The second-order valence-corrected chi connectivity index (χ2v) is 6.72. The third-order valence-corrected chi connectivity index (χ3v) is 4.96. The van der Waals surface area contributed by atoms with E-state index in [4.69, 9.17) is 9.26 Å². The highest BCUT2D eigenvalue weighted by atomic mass is 16.5. The Bertz CT molecular complexity index is 889. The first-order chi connectivity index (χ1) is 13.2. The minimum absolute atomic E-state index is 0.273. The van der Waals surface area contributed by atoms with Crippen molar-refractivity contribution in [3.05, 3.63) is 54.0 Å². The highest BCUT2D eigenvalue weighted by Crippen LogP contribution is 2.30. The molecule has 3 aromatic rings. The number of aromatic hydroxyl groups is 1. The number of hydrogen-bond donors (Lipinski definition) is 1. The van der Waals surface area contributed by atoms with E-state index in [2.05, 4.69) is 20.0 Å². The molecule has 1 saturated heterocycles. The van der Waals surface area contributed by atoms with Crippen molar-refractivity contribution in [2.75, 3.05) is 20.2 Å². The fourth-order valence-electron chi connectivity index (χ4n) is 3.39. The van der Waals surface area contributed by atoms with Crippen LogP contribution >= 0.6 is 0 Å². The quantitative estimate of drug-likeness (QED) is 0.742. The lowest BCUT2D eigenvalue weighted by Gasteiger charge is -2.30. The Kier molecular flexibility index (Phi) is 5.02. The SMILES string of the molecule is COc1ccc(CN2CCC(c3noc(-c4ccccn4)n3)CC2)c(O)c1. The lowest BCUT2D eigenvalue weighted by molar-refractivity contribution is 0.198. The Labute approximate surface area is 157 Å². The number of phenolic OH excluding ortho intramolecular Hbond substituents is 1. The summed E-state index contributed by atoms with van der Waals surface area (Å²) in [6.45, 7) is 2.56. The van der Waals surface area contributed by atoms with E-state index >= 15 is 0 Å². The number of hydrogen-bond acceptors (Lipinski definition) is 7. The van der Waals surface area contributed by atoms with Crippen LogP contribution in [0, 0.1) is 0 Å². The average Bonchev–Trinajstić information content (AvgIpc) is 3.21. The monoisotopic (exact) mass is 366 g/mol. The zero-order chi connectivity index (χ0) is 18.6. The fraction of sp³-hybridized carbons (Fsp3) is 0.350. The van der Waals surface area contributed by atoms with Gasteiger partial charge in [-0.15, -0.1) is 0 Å². The van der Waals surface area contributed by atoms with E-state index in [0.717, 1.165) is 37.3 Å². The Morgan fingerprint density at radius 1 is 1.22 bits per heavy atom. The maximum absolute atomic E-state index is 10.1. The Morgan fingerprint density at radius 3 is 2.78 bits per heavy atom. The first-order valence-corrected chi connectivity index (χ1v) is 9.06. The van der Waals surface area contributed by atoms with Crippen LogP contribution in [0.4, 0.5) is 0 Å². The first kappa shape index (κ1) is 17.5. The molecule has 7 heteroatoms. The van der Waals surface area contributed by atoms with Gasteiger partial charge in [0.25, 0.3) is 5.89 Å². The minimum atomic E-state index is 0.273. The number of aromatic nitrogens is 3. The lowest BCUT2D eigenvalue weighted by atomic mass is 9.96. The van der Waals surface area contributed by atoms with Gasteiger partial charge in [0.2, 0.25) is 0 Å². The molecule has 1 fully saturated rings. The largest absolute Gasteiger partial charge is 0.507 e. The summed E-state index contributed by atoms with van der Waals surface area (Å²) in [6.07, 6.45) is 3.63. The number of piperidine rings is 1.